The van der Waals surface area contributed by atoms with Crippen LogP contribution in [0.1, 0.15) is 35.4 Å². The third kappa shape index (κ3) is 4.47. The van der Waals surface area contributed by atoms with Gasteiger partial charge in [-0.3, -0.25) is 14.9 Å². The lowest BCUT2D eigenvalue weighted by Gasteiger charge is -2.21. The van der Waals surface area contributed by atoms with E-state index in [4.69, 9.17) is 0 Å². The number of piperidine rings is 1. The molecule has 3 aromatic rings. The molecule has 0 aromatic heterocycles. The monoisotopic (exact) mass is 489 g/mol. The van der Waals surface area contributed by atoms with Crippen molar-refractivity contribution in [3.63, 3.8) is 0 Å². The number of imide groups is 1. The molecule has 5 rings (SSSR count). The molecule has 7 nitrogen and oxygen atoms in total. The van der Waals surface area contributed by atoms with Crippen molar-refractivity contribution in [3.05, 3.63) is 83.4 Å². The van der Waals surface area contributed by atoms with Gasteiger partial charge in [0, 0.05) is 39.3 Å². The lowest BCUT2D eigenvalue weighted by atomic mass is 9.89. The van der Waals surface area contributed by atoms with Crippen LogP contribution in [0.2, 0.25) is 0 Å². The predicted octanol–water partition coefficient (Wildman–Crippen LogP) is 3.64. The van der Waals surface area contributed by atoms with Crippen molar-refractivity contribution in [2.45, 2.75) is 36.7 Å². The van der Waals surface area contributed by atoms with Gasteiger partial charge in [-0.15, -0.1) is 0 Å². The van der Waals surface area contributed by atoms with Crippen molar-refractivity contribution in [2.24, 2.45) is 0 Å². The van der Waals surface area contributed by atoms with E-state index in [0.717, 1.165) is 33.5 Å². The van der Waals surface area contributed by atoms with Gasteiger partial charge in [0.1, 0.15) is 0 Å². The molecule has 35 heavy (non-hydrogen) atoms. The number of amides is 2. The molecule has 2 heterocycles. The summed E-state index contributed by atoms with van der Waals surface area (Å²) < 4.78 is 28.2. The highest BCUT2D eigenvalue weighted by Crippen LogP contribution is 2.33. The Morgan fingerprint density at radius 2 is 1.49 bits per heavy atom. The first-order valence-corrected chi connectivity index (χ1v) is 13.0. The van der Waals surface area contributed by atoms with E-state index in [1.54, 1.807) is 12.1 Å². The number of sulfonamides is 1. The van der Waals surface area contributed by atoms with Gasteiger partial charge in [-0.1, -0.05) is 42.5 Å². The number of carbonyl (C=O) groups is 2. The molecule has 0 spiro atoms. The topological polar surface area (TPSA) is 86.8 Å². The van der Waals surface area contributed by atoms with Crippen LogP contribution in [0.25, 0.3) is 11.1 Å². The van der Waals surface area contributed by atoms with Crippen LogP contribution >= 0.6 is 0 Å². The number of fused-ring (bicyclic) bond motifs is 1. The largest absolute Gasteiger partial charge is 0.378 e. The SMILES string of the molecule is CN(C)c1ccc(-c2ccc(S(=O)(=O)N3Cc4ccc(C5CCC(=O)NC5=O)cc4C3)cc2)cc1. The van der Waals surface area contributed by atoms with E-state index in [9.17, 15) is 18.0 Å². The number of nitrogens with zero attached hydrogens (tertiary/aromatic N) is 2. The fraction of sp³-hybridized carbons (Fsp3) is 0.259. The van der Waals surface area contributed by atoms with Crippen LogP contribution in [0, 0.1) is 0 Å². The highest BCUT2D eigenvalue weighted by atomic mass is 32.2. The van der Waals surface area contributed by atoms with Gasteiger partial charge in [0.25, 0.3) is 0 Å². The summed E-state index contributed by atoms with van der Waals surface area (Å²) in [6.07, 6.45) is 0.777. The van der Waals surface area contributed by atoms with E-state index in [1.165, 1.54) is 4.31 Å². The molecule has 3 aromatic carbocycles. The Morgan fingerprint density at radius 1 is 0.857 bits per heavy atom. The van der Waals surface area contributed by atoms with Gasteiger partial charge in [-0.2, -0.15) is 4.31 Å². The molecule has 180 valence electrons. The highest BCUT2D eigenvalue weighted by molar-refractivity contribution is 7.89. The Labute approximate surface area is 205 Å². The maximum Gasteiger partial charge on any atom is 0.243 e. The quantitative estimate of drug-likeness (QED) is 0.553. The zero-order valence-corrected chi connectivity index (χ0v) is 20.5. The van der Waals surface area contributed by atoms with Crippen LogP contribution in [0.4, 0.5) is 5.69 Å². The van der Waals surface area contributed by atoms with Crippen LogP contribution in [-0.2, 0) is 32.7 Å². The third-order valence-corrected chi connectivity index (χ3v) is 8.58. The van der Waals surface area contributed by atoms with Gasteiger partial charge < -0.3 is 4.90 Å². The lowest BCUT2D eigenvalue weighted by molar-refractivity contribution is -0.134. The first-order chi connectivity index (χ1) is 16.7. The molecule has 0 aliphatic carbocycles. The minimum atomic E-state index is -3.68. The lowest BCUT2D eigenvalue weighted by Crippen LogP contribution is -2.39. The predicted molar refractivity (Wildman–Crippen MR) is 134 cm³/mol. The summed E-state index contributed by atoms with van der Waals surface area (Å²) in [5.74, 6) is -0.926. The molecular weight excluding hydrogens is 462 g/mol. The molecule has 1 N–H and O–H groups in total. The molecule has 2 aliphatic rings. The van der Waals surface area contributed by atoms with Crippen LogP contribution in [0.3, 0.4) is 0 Å². The Kier molecular flexibility index (Phi) is 5.94. The third-order valence-electron chi connectivity index (χ3n) is 6.77. The van der Waals surface area contributed by atoms with E-state index in [1.807, 2.05) is 73.6 Å². The molecule has 0 bridgehead atoms. The number of hydrogen-bond acceptors (Lipinski definition) is 5. The number of hydrogen-bond donors (Lipinski definition) is 1. The summed E-state index contributed by atoms with van der Waals surface area (Å²) in [5.41, 5.74) is 5.72. The Hall–Kier alpha value is -3.49. The van der Waals surface area contributed by atoms with Crippen molar-refractivity contribution in [2.75, 3.05) is 19.0 Å². The Bertz CT molecular complexity index is 1400. The van der Waals surface area contributed by atoms with Gasteiger partial charge in [-0.25, -0.2) is 8.42 Å². The van der Waals surface area contributed by atoms with Crippen molar-refractivity contribution >= 4 is 27.5 Å². The molecule has 1 unspecified atom stereocenters. The van der Waals surface area contributed by atoms with Gasteiger partial charge >= 0.3 is 0 Å². The van der Waals surface area contributed by atoms with E-state index in [0.29, 0.717) is 19.4 Å². The number of rotatable bonds is 5. The average Bonchev–Trinajstić information content (AvgIpc) is 3.29. The number of benzene rings is 3. The summed E-state index contributed by atoms with van der Waals surface area (Å²) >= 11 is 0. The maximum absolute atomic E-state index is 13.4. The average molecular weight is 490 g/mol. The molecule has 1 atom stereocenters. The van der Waals surface area contributed by atoms with Crippen LogP contribution in [0.15, 0.2) is 71.6 Å². The highest BCUT2D eigenvalue weighted by Gasteiger charge is 2.33. The molecular formula is C27H27N3O4S. The molecule has 1 fully saturated rings. The number of nitrogens with one attached hydrogen (secondary N) is 1. The first-order valence-electron chi connectivity index (χ1n) is 11.6. The van der Waals surface area contributed by atoms with Crippen molar-refractivity contribution in [1.82, 2.24) is 9.62 Å². The van der Waals surface area contributed by atoms with Gasteiger partial charge in [-0.05, 0) is 58.5 Å². The zero-order chi connectivity index (χ0) is 24.7. The second-order valence-electron chi connectivity index (χ2n) is 9.27. The number of anilines is 1. The minimum absolute atomic E-state index is 0.249. The van der Waals surface area contributed by atoms with Crippen molar-refractivity contribution in [3.8, 4) is 11.1 Å². The molecule has 2 amide bonds. The van der Waals surface area contributed by atoms with E-state index in [2.05, 4.69) is 5.32 Å². The smallest absolute Gasteiger partial charge is 0.243 e. The summed E-state index contributed by atoms with van der Waals surface area (Å²) in [5, 5.41) is 2.39. The molecule has 0 saturated carbocycles. The first kappa shape index (κ1) is 23.3. The molecule has 0 radical (unpaired) electrons. The second kappa shape index (κ2) is 8.94. The summed E-state index contributed by atoms with van der Waals surface area (Å²) in [7, 11) is 0.298. The van der Waals surface area contributed by atoms with E-state index >= 15 is 0 Å². The van der Waals surface area contributed by atoms with Gasteiger partial charge in [0.05, 0.1) is 10.8 Å². The minimum Gasteiger partial charge on any atom is -0.378 e. The number of carbonyl (C=O) groups excluding carboxylic acids is 2. The Balaban J connectivity index is 1.33. The molecule has 1 saturated heterocycles. The normalized spacial score (nSPS) is 18.3. The molecule has 2 aliphatic heterocycles. The van der Waals surface area contributed by atoms with E-state index < -0.39 is 10.0 Å². The molecule has 8 heteroatoms. The summed E-state index contributed by atoms with van der Waals surface area (Å²) in [6, 6.07) is 20.8. The second-order valence-corrected chi connectivity index (χ2v) is 11.2. The fourth-order valence-electron chi connectivity index (χ4n) is 4.70. The van der Waals surface area contributed by atoms with Crippen LogP contribution in [-0.4, -0.2) is 38.6 Å². The maximum atomic E-state index is 13.4. The standard InChI is InChI=1S/C27H27N3O4S/c1-29(2)23-9-5-18(6-10-23)19-7-11-24(12-8-19)35(33,34)30-16-21-4-3-20(15-22(21)17-30)25-13-14-26(31)28-27(25)32/h3-12,15,25H,13-14,16-17H2,1-2H3,(H,28,31,32). The van der Waals surface area contributed by atoms with Gasteiger partial charge in [0.15, 0.2) is 0 Å². The van der Waals surface area contributed by atoms with E-state index in [-0.39, 0.29) is 29.2 Å². The van der Waals surface area contributed by atoms with Gasteiger partial charge in [0.2, 0.25) is 21.8 Å². The van der Waals surface area contributed by atoms with Crippen LogP contribution in [0.5, 0.6) is 0 Å². The van der Waals surface area contributed by atoms with Crippen molar-refractivity contribution in [1.29, 1.82) is 0 Å². The fourth-order valence-corrected chi connectivity index (χ4v) is 6.10. The summed E-state index contributed by atoms with van der Waals surface area (Å²) in [4.78, 5) is 26.0. The Morgan fingerprint density at radius 3 is 2.11 bits per heavy atom. The van der Waals surface area contributed by atoms with Crippen molar-refractivity contribution < 1.29 is 18.0 Å². The van der Waals surface area contributed by atoms with Crippen LogP contribution < -0.4 is 10.2 Å². The summed E-state index contributed by atoms with van der Waals surface area (Å²) in [6.45, 7) is 0.549. The zero-order valence-electron chi connectivity index (χ0n) is 19.7.